The smallest absolute Gasteiger partial charge is 0.0634 e. The number of nitrogens with two attached hydrogens (primary N) is 1. The summed E-state index contributed by atoms with van der Waals surface area (Å²) in [5.41, 5.74) is 9.61. The molecular weight excluding hydrogens is 198 g/mol. The van der Waals surface area contributed by atoms with Crippen LogP contribution in [0.4, 0.5) is 0 Å². The molecule has 0 bridgehead atoms. The molecule has 1 rings (SSSR count). The fourth-order valence-electron chi connectivity index (χ4n) is 2.63. The number of nitrogens with zero attached hydrogens (tertiary/aromatic N) is 2. The summed E-state index contributed by atoms with van der Waals surface area (Å²) in [7, 11) is 0. The van der Waals surface area contributed by atoms with E-state index in [0.29, 0.717) is 6.04 Å². The highest BCUT2D eigenvalue weighted by Crippen LogP contribution is 2.32. The van der Waals surface area contributed by atoms with Crippen LogP contribution < -0.4 is 5.73 Å². The van der Waals surface area contributed by atoms with Crippen LogP contribution in [0, 0.1) is 13.8 Å². The molecule has 0 fully saturated rings. The van der Waals surface area contributed by atoms with Crippen LogP contribution in [0.5, 0.6) is 0 Å². The molecule has 2 N–H and O–H groups in total. The van der Waals surface area contributed by atoms with Gasteiger partial charge in [0.1, 0.15) is 0 Å². The fourth-order valence-corrected chi connectivity index (χ4v) is 2.63. The van der Waals surface area contributed by atoms with E-state index in [1.165, 1.54) is 11.3 Å². The lowest BCUT2D eigenvalue weighted by atomic mass is 9.80. The Morgan fingerprint density at radius 1 is 1.31 bits per heavy atom. The summed E-state index contributed by atoms with van der Waals surface area (Å²) >= 11 is 0. The second-order valence-corrected chi connectivity index (χ2v) is 5.51. The van der Waals surface area contributed by atoms with Gasteiger partial charge in [-0.2, -0.15) is 5.10 Å². The average molecular weight is 223 g/mol. The second-order valence-electron chi connectivity index (χ2n) is 5.51. The summed E-state index contributed by atoms with van der Waals surface area (Å²) < 4.78 is 2.11. The Balaban J connectivity index is 3.24. The SMILES string of the molecule is Cc1nn(C(C)C)c(C)c1C(C)(C)CCN. The monoisotopic (exact) mass is 223 g/mol. The Morgan fingerprint density at radius 2 is 1.88 bits per heavy atom. The molecule has 0 unspecified atom stereocenters. The van der Waals surface area contributed by atoms with E-state index in [9.17, 15) is 0 Å². The maximum absolute atomic E-state index is 5.69. The first-order valence-corrected chi connectivity index (χ1v) is 6.07. The van der Waals surface area contributed by atoms with Crippen molar-refractivity contribution in [3.05, 3.63) is 17.0 Å². The minimum atomic E-state index is 0.121. The maximum Gasteiger partial charge on any atom is 0.0634 e. The van der Waals surface area contributed by atoms with E-state index in [-0.39, 0.29) is 5.41 Å². The maximum atomic E-state index is 5.69. The van der Waals surface area contributed by atoms with E-state index in [0.717, 1.165) is 18.7 Å². The number of aryl methyl sites for hydroxylation is 1. The van der Waals surface area contributed by atoms with Crippen molar-refractivity contribution in [3.8, 4) is 0 Å². The summed E-state index contributed by atoms with van der Waals surface area (Å²) in [6.07, 6.45) is 0.998. The number of rotatable bonds is 4. The van der Waals surface area contributed by atoms with Gasteiger partial charge in [0.25, 0.3) is 0 Å². The quantitative estimate of drug-likeness (QED) is 0.853. The second kappa shape index (κ2) is 4.58. The fraction of sp³-hybridized carbons (Fsp3) is 0.769. The molecule has 1 heterocycles. The lowest BCUT2D eigenvalue weighted by Crippen LogP contribution is -2.23. The van der Waals surface area contributed by atoms with Gasteiger partial charge in [0.2, 0.25) is 0 Å². The molecule has 0 saturated carbocycles. The average Bonchev–Trinajstić information content (AvgIpc) is 2.41. The van der Waals surface area contributed by atoms with Crippen LogP contribution in [-0.4, -0.2) is 16.3 Å². The molecule has 0 aliphatic rings. The topological polar surface area (TPSA) is 43.8 Å². The molecule has 0 amide bonds. The molecule has 92 valence electrons. The van der Waals surface area contributed by atoms with Crippen LogP contribution in [0.15, 0.2) is 0 Å². The van der Waals surface area contributed by atoms with Crippen molar-refractivity contribution in [2.24, 2.45) is 5.73 Å². The molecule has 16 heavy (non-hydrogen) atoms. The zero-order valence-corrected chi connectivity index (χ0v) is 11.5. The summed E-state index contributed by atoms with van der Waals surface area (Å²) in [5, 5.41) is 4.63. The lowest BCUT2D eigenvalue weighted by molar-refractivity contribution is 0.475. The van der Waals surface area contributed by atoms with E-state index in [2.05, 4.69) is 51.3 Å². The van der Waals surface area contributed by atoms with Gasteiger partial charge < -0.3 is 5.73 Å². The zero-order chi connectivity index (χ0) is 12.5. The highest BCUT2D eigenvalue weighted by molar-refractivity contribution is 5.32. The minimum absolute atomic E-state index is 0.121. The van der Waals surface area contributed by atoms with Gasteiger partial charge in [-0.25, -0.2) is 0 Å². The third-order valence-corrected chi connectivity index (χ3v) is 3.26. The molecule has 0 saturated heterocycles. The van der Waals surface area contributed by atoms with Crippen LogP contribution in [0.1, 0.15) is 57.1 Å². The van der Waals surface area contributed by atoms with E-state index in [4.69, 9.17) is 5.73 Å². The molecule has 0 radical (unpaired) electrons. The lowest BCUT2D eigenvalue weighted by Gasteiger charge is -2.25. The van der Waals surface area contributed by atoms with Crippen LogP contribution in [0.25, 0.3) is 0 Å². The van der Waals surface area contributed by atoms with E-state index >= 15 is 0 Å². The van der Waals surface area contributed by atoms with Gasteiger partial charge in [-0.1, -0.05) is 13.8 Å². The van der Waals surface area contributed by atoms with Gasteiger partial charge in [-0.3, -0.25) is 4.68 Å². The molecule has 1 aromatic rings. The Kier molecular flexibility index (Phi) is 3.79. The van der Waals surface area contributed by atoms with Gasteiger partial charge in [-0.05, 0) is 46.1 Å². The highest BCUT2D eigenvalue weighted by atomic mass is 15.3. The minimum Gasteiger partial charge on any atom is -0.330 e. The zero-order valence-electron chi connectivity index (χ0n) is 11.5. The first-order chi connectivity index (χ1) is 7.31. The Bertz CT molecular complexity index is 361. The van der Waals surface area contributed by atoms with Crippen molar-refractivity contribution in [1.29, 1.82) is 0 Å². The molecule has 3 heteroatoms. The van der Waals surface area contributed by atoms with Crippen molar-refractivity contribution in [3.63, 3.8) is 0 Å². The summed E-state index contributed by atoms with van der Waals surface area (Å²) in [6, 6.07) is 0.418. The van der Waals surface area contributed by atoms with Crippen LogP contribution >= 0.6 is 0 Å². The molecule has 0 atom stereocenters. The number of hydrogen-bond donors (Lipinski definition) is 1. The molecule has 3 nitrogen and oxygen atoms in total. The number of hydrogen-bond acceptors (Lipinski definition) is 2. The van der Waals surface area contributed by atoms with Crippen molar-refractivity contribution in [1.82, 2.24) is 9.78 Å². The Hall–Kier alpha value is -0.830. The van der Waals surface area contributed by atoms with Gasteiger partial charge in [-0.15, -0.1) is 0 Å². The van der Waals surface area contributed by atoms with Crippen molar-refractivity contribution >= 4 is 0 Å². The largest absolute Gasteiger partial charge is 0.330 e. The third-order valence-electron chi connectivity index (χ3n) is 3.26. The van der Waals surface area contributed by atoms with Crippen LogP contribution in [-0.2, 0) is 5.41 Å². The van der Waals surface area contributed by atoms with Crippen molar-refractivity contribution in [2.75, 3.05) is 6.54 Å². The van der Waals surface area contributed by atoms with E-state index < -0.39 is 0 Å². The highest BCUT2D eigenvalue weighted by Gasteiger charge is 2.27. The van der Waals surface area contributed by atoms with Crippen LogP contribution in [0.3, 0.4) is 0 Å². The predicted molar refractivity (Wildman–Crippen MR) is 68.8 cm³/mol. The summed E-state index contributed by atoms with van der Waals surface area (Å²) in [4.78, 5) is 0. The van der Waals surface area contributed by atoms with E-state index in [1.807, 2.05) is 0 Å². The van der Waals surface area contributed by atoms with E-state index in [1.54, 1.807) is 0 Å². The summed E-state index contributed by atoms with van der Waals surface area (Å²) in [5.74, 6) is 0. The molecule has 1 aromatic heterocycles. The predicted octanol–water partition coefficient (Wildman–Crippen LogP) is 2.71. The molecular formula is C13H25N3. The van der Waals surface area contributed by atoms with Gasteiger partial charge in [0.05, 0.1) is 5.69 Å². The molecule has 0 spiro atoms. The first-order valence-electron chi connectivity index (χ1n) is 6.07. The van der Waals surface area contributed by atoms with Gasteiger partial charge in [0.15, 0.2) is 0 Å². The first kappa shape index (κ1) is 13.2. The van der Waals surface area contributed by atoms with Crippen molar-refractivity contribution < 1.29 is 0 Å². The third kappa shape index (κ3) is 2.29. The van der Waals surface area contributed by atoms with Gasteiger partial charge >= 0.3 is 0 Å². The number of aromatic nitrogens is 2. The normalized spacial score (nSPS) is 12.5. The molecule has 0 aliphatic heterocycles. The molecule has 0 aliphatic carbocycles. The van der Waals surface area contributed by atoms with Gasteiger partial charge in [0, 0.05) is 17.3 Å². The summed E-state index contributed by atoms with van der Waals surface area (Å²) in [6.45, 7) is 13.8. The standard InChI is InChI=1S/C13H25N3/c1-9(2)16-11(4)12(10(3)15-16)13(5,6)7-8-14/h9H,7-8,14H2,1-6H3. The molecule has 0 aromatic carbocycles. The Morgan fingerprint density at radius 3 is 2.25 bits per heavy atom. The van der Waals surface area contributed by atoms with Crippen molar-refractivity contribution in [2.45, 2.75) is 59.4 Å². The van der Waals surface area contributed by atoms with Crippen LogP contribution in [0.2, 0.25) is 0 Å². The Labute approximate surface area is 99.0 Å².